The minimum Gasteiger partial charge on any atom is -0.464 e. The highest BCUT2D eigenvalue weighted by Gasteiger charge is 2.48. The Labute approximate surface area is 166 Å². The molecule has 0 spiro atoms. The van der Waals surface area contributed by atoms with E-state index in [0.717, 1.165) is 40.8 Å². The first kappa shape index (κ1) is 21.3. The number of carbonyl (C=O) groups is 3. The van der Waals surface area contributed by atoms with Crippen LogP contribution < -0.4 is 4.74 Å². The van der Waals surface area contributed by atoms with Crippen LogP contribution in [0.3, 0.4) is 0 Å². The third-order valence-corrected chi connectivity index (χ3v) is 6.99. The predicted molar refractivity (Wildman–Crippen MR) is 108 cm³/mol. The lowest BCUT2D eigenvalue weighted by molar-refractivity contribution is -0.110. The Balaban J connectivity index is 2.22. The van der Waals surface area contributed by atoms with Crippen LogP contribution in [-0.2, 0) is 19.1 Å². The molecular weight excluding hydrogens is 392 g/mol. The summed E-state index contributed by atoms with van der Waals surface area (Å²) < 4.78 is 12.0. The van der Waals surface area contributed by atoms with Crippen molar-refractivity contribution in [1.82, 2.24) is 0 Å². The summed E-state index contributed by atoms with van der Waals surface area (Å²) in [5.74, 6) is 1.06. The lowest BCUT2D eigenvalue weighted by Crippen LogP contribution is -2.32. The fraction of sp³-hybridized carbons (Fsp3) is 0.500. The van der Waals surface area contributed by atoms with E-state index in [9.17, 15) is 14.4 Å². The lowest BCUT2D eigenvalue weighted by Gasteiger charge is -2.21. The fourth-order valence-electron chi connectivity index (χ4n) is 2.52. The summed E-state index contributed by atoms with van der Waals surface area (Å²) in [6.45, 7) is 6.46. The quantitative estimate of drug-likeness (QED) is 0.698. The molecule has 8 heteroatoms. The van der Waals surface area contributed by atoms with Gasteiger partial charge in [0, 0.05) is 26.5 Å². The Morgan fingerprint density at radius 3 is 2.08 bits per heavy atom. The molecule has 1 heterocycles. The number of thioether (sulfide) groups is 3. The van der Waals surface area contributed by atoms with E-state index in [1.807, 2.05) is 31.2 Å². The third kappa shape index (κ3) is 6.33. The normalized spacial score (nSPS) is 25.1. The maximum atomic E-state index is 11.7. The Bertz CT molecular complexity index is 661. The summed E-state index contributed by atoms with van der Waals surface area (Å²) in [6, 6.07) is 7.56. The van der Waals surface area contributed by atoms with Gasteiger partial charge in [-0.15, -0.1) is 0 Å². The second-order valence-corrected chi connectivity index (χ2v) is 9.83. The monoisotopic (exact) mass is 414 g/mol. The molecule has 0 aliphatic carbocycles. The number of ether oxygens (including phenoxy) is 2. The molecule has 26 heavy (non-hydrogen) atoms. The van der Waals surface area contributed by atoms with Crippen molar-refractivity contribution in [3.63, 3.8) is 0 Å². The fourth-order valence-corrected chi connectivity index (χ4v) is 5.54. The average molecular weight is 415 g/mol. The van der Waals surface area contributed by atoms with Crippen molar-refractivity contribution in [1.29, 1.82) is 0 Å². The molecule has 0 radical (unpaired) electrons. The van der Waals surface area contributed by atoms with Crippen molar-refractivity contribution >= 4 is 50.6 Å². The van der Waals surface area contributed by atoms with Gasteiger partial charge < -0.3 is 9.47 Å². The van der Waals surface area contributed by atoms with E-state index in [-0.39, 0.29) is 31.9 Å². The molecule has 1 aromatic carbocycles. The van der Waals surface area contributed by atoms with Gasteiger partial charge in [0.15, 0.2) is 15.3 Å². The maximum absolute atomic E-state index is 11.7. The van der Waals surface area contributed by atoms with Crippen LogP contribution in [0.25, 0.3) is 0 Å². The molecule has 2 rings (SSSR count). The van der Waals surface area contributed by atoms with E-state index in [0.29, 0.717) is 11.5 Å². The van der Waals surface area contributed by atoms with Gasteiger partial charge >= 0.3 is 0 Å². The van der Waals surface area contributed by atoms with Crippen molar-refractivity contribution < 1.29 is 23.9 Å². The van der Waals surface area contributed by atoms with E-state index in [4.69, 9.17) is 9.47 Å². The van der Waals surface area contributed by atoms with E-state index in [1.165, 1.54) is 20.8 Å². The van der Waals surface area contributed by atoms with Crippen LogP contribution >= 0.6 is 35.3 Å². The lowest BCUT2D eigenvalue weighted by atomic mass is 10.2. The van der Waals surface area contributed by atoms with Gasteiger partial charge in [-0.3, -0.25) is 14.4 Å². The van der Waals surface area contributed by atoms with E-state index in [2.05, 4.69) is 0 Å². The number of hydrogen-bond donors (Lipinski definition) is 0. The first-order valence-electron chi connectivity index (χ1n) is 8.13. The minimum atomic E-state index is -0.666. The van der Waals surface area contributed by atoms with Crippen molar-refractivity contribution in [2.24, 2.45) is 0 Å². The number of carbonyl (C=O) groups excluding carboxylic acids is 3. The molecule has 1 aromatic rings. The van der Waals surface area contributed by atoms with Gasteiger partial charge in [-0.2, -0.15) is 0 Å². The minimum absolute atomic E-state index is 0.0150. The average Bonchev–Trinajstić information content (AvgIpc) is 2.84. The molecule has 0 bridgehead atoms. The number of hydrogen-bond acceptors (Lipinski definition) is 8. The molecule has 5 nitrogen and oxygen atoms in total. The van der Waals surface area contributed by atoms with Crippen LogP contribution in [0.15, 0.2) is 24.3 Å². The first-order valence-corrected chi connectivity index (χ1v) is 10.9. The van der Waals surface area contributed by atoms with Gasteiger partial charge in [0.05, 0.1) is 16.6 Å². The summed E-state index contributed by atoms with van der Waals surface area (Å²) in [4.78, 5) is 34.8. The summed E-state index contributed by atoms with van der Waals surface area (Å²) in [5, 5.41) is -0.727. The maximum Gasteiger partial charge on any atom is 0.213 e. The Kier molecular flexibility index (Phi) is 8.06. The second kappa shape index (κ2) is 9.82. The molecule has 1 aliphatic rings. The number of aryl methyl sites for hydroxylation is 1. The van der Waals surface area contributed by atoms with Crippen LogP contribution in [0.1, 0.15) is 26.3 Å². The van der Waals surface area contributed by atoms with Crippen molar-refractivity contribution in [2.45, 2.75) is 50.6 Å². The Morgan fingerprint density at radius 1 is 0.962 bits per heavy atom. The van der Waals surface area contributed by atoms with Crippen LogP contribution in [0.4, 0.5) is 0 Å². The van der Waals surface area contributed by atoms with Crippen molar-refractivity contribution in [3.05, 3.63) is 29.8 Å². The first-order chi connectivity index (χ1) is 12.3. The topological polar surface area (TPSA) is 69.7 Å². The highest BCUT2D eigenvalue weighted by atomic mass is 32.2. The largest absolute Gasteiger partial charge is 0.464 e. The molecule has 4 atom stereocenters. The molecule has 0 amide bonds. The molecule has 1 fully saturated rings. The van der Waals surface area contributed by atoms with Crippen LogP contribution in [0, 0.1) is 6.92 Å². The van der Waals surface area contributed by atoms with Crippen LogP contribution in [0.5, 0.6) is 5.75 Å². The SMILES string of the molecule is CC(=O)SC[C@H]1O[C@H](Oc2ccc(C)cc2)[C@@H](SC(C)=O)[C@H]1SC(C)=O. The third-order valence-electron chi connectivity index (χ3n) is 3.60. The Morgan fingerprint density at radius 2 is 1.54 bits per heavy atom. The molecule has 0 aromatic heterocycles. The molecule has 0 unspecified atom stereocenters. The zero-order chi connectivity index (χ0) is 19.3. The second-order valence-electron chi connectivity index (χ2n) is 5.92. The van der Waals surface area contributed by atoms with E-state index >= 15 is 0 Å². The molecule has 142 valence electrons. The van der Waals surface area contributed by atoms with Crippen LogP contribution in [-0.4, -0.2) is 44.0 Å². The van der Waals surface area contributed by atoms with Crippen molar-refractivity contribution in [2.75, 3.05) is 5.75 Å². The molecule has 1 aliphatic heterocycles. The van der Waals surface area contributed by atoms with Gasteiger partial charge in [0.25, 0.3) is 0 Å². The van der Waals surface area contributed by atoms with Gasteiger partial charge in [0.1, 0.15) is 5.75 Å². The molecule has 1 saturated heterocycles. The molecule has 0 N–H and O–H groups in total. The number of rotatable bonds is 6. The van der Waals surface area contributed by atoms with Gasteiger partial charge in [0.2, 0.25) is 6.29 Å². The standard InChI is InChI=1S/C18H22O5S3/c1-10-5-7-14(8-6-10)22-18-17(26-13(4)21)16(25-12(3)20)15(23-18)9-24-11(2)19/h5-8,15-18H,9H2,1-4H3/t15-,16+,17+,18+/m1/s1. The predicted octanol–water partition coefficient (Wildman–Crippen LogP) is 3.68. The van der Waals surface area contributed by atoms with Gasteiger partial charge in [-0.25, -0.2) is 0 Å². The summed E-state index contributed by atoms with van der Waals surface area (Å²) >= 11 is 3.42. The molecule has 0 saturated carbocycles. The summed E-state index contributed by atoms with van der Waals surface area (Å²) in [5.41, 5.74) is 1.11. The highest BCUT2D eigenvalue weighted by molar-refractivity contribution is 8.17. The zero-order valence-electron chi connectivity index (χ0n) is 15.1. The van der Waals surface area contributed by atoms with Gasteiger partial charge in [-0.05, 0) is 19.1 Å². The smallest absolute Gasteiger partial charge is 0.213 e. The number of benzene rings is 1. The summed E-state index contributed by atoms with van der Waals surface area (Å²) in [6.07, 6.45) is -1.02. The molecular formula is C18H22O5S3. The van der Waals surface area contributed by atoms with E-state index < -0.39 is 6.29 Å². The Hall–Kier alpha value is -0.960. The van der Waals surface area contributed by atoms with Crippen molar-refractivity contribution in [3.8, 4) is 5.75 Å². The zero-order valence-corrected chi connectivity index (χ0v) is 17.5. The van der Waals surface area contributed by atoms with E-state index in [1.54, 1.807) is 0 Å². The van der Waals surface area contributed by atoms with Crippen LogP contribution in [0.2, 0.25) is 0 Å². The summed E-state index contributed by atoms with van der Waals surface area (Å²) in [7, 11) is 0. The highest BCUT2D eigenvalue weighted by Crippen LogP contribution is 2.41. The van der Waals surface area contributed by atoms with Gasteiger partial charge in [-0.1, -0.05) is 53.0 Å².